The third-order valence-electron chi connectivity index (χ3n) is 3.04. The highest BCUT2D eigenvalue weighted by Gasteiger charge is 2.17. The molecule has 0 atom stereocenters. The number of ether oxygens (including phenoxy) is 2. The lowest BCUT2D eigenvalue weighted by molar-refractivity contribution is 0.173. The van der Waals surface area contributed by atoms with Crippen molar-refractivity contribution in [2.75, 3.05) is 6.79 Å². The van der Waals surface area contributed by atoms with Crippen LogP contribution in [-0.4, -0.2) is 16.6 Å². The van der Waals surface area contributed by atoms with E-state index in [1.165, 1.54) is 0 Å². The normalized spacial score (nSPS) is 12.3. The van der Waals surface area contributed by atoms with E-state index in [4.69, 9.17) is 9.47 Å². The van der Waals surface area contributed by atoms with Crippen LogP contribution in [0.1, 0.15) is 11.3 Å². The van der Waals surface area contributed by atoms with Crippen molar-refractivity contribution in [2.24, 2.45) is 7.05 Å². The van der Waals surface area contributed by atoms with Gasteiger partial charge in [0.05, 0.1) is 10.2 Å². The highest BCUT2D eigenvalue weighted by molar-refractivity contribution is 9.10. The second-order valence-electron chi connectivity index (χ2n) is 4.36. The van der Waals surface area contributed by atoms with E-state index >= 15 is 0 Å². The molecule has 0 radical (unpaired) electrons. The summed E-state index contributed by atoms with van der Waals surface area (Å²) in [6.45, 7) is 1.84. The lowest BCUT2D eigenvalue weighted by Crippen LogP contribution is -2.15. The fourth-order valence-electron chi connectivity index (χ4n) is 2.03. The van der Waals surface area contributed by atoms with Crippen LogP contribution in [0.2, 0.25) is 0 Å². The Morgan fingerprint density at radius 1 is 1.35 bits per heavy atom. The number of rotatable bonds is 4. The smallest absolute Gasteiger partial charge is 0.231 e. The topological polar surface area (TPSA) is 48.3 Å². The van der Waals surface area contributed by atoms with Crippen LogP contribution >= 0.6 is 28.3 Å². The van der Waals surface area contributed by atoms with Crippen molar-refractivity contribution >= 4 is 28.3 Å². The van der Waals surface area contributed by atoms with Crippen LogP contribution < -0.4 is 14.8 Å². The third kappa shape index (κ3) is 3.08. The molecule has 0 bridgehead atoms. The molecule has 108 valence electrons. The van der Waals surface area contributed by atoms with Gasteiger partial charge < -0.3 is 14.8 Å². The maximum absolute atomic E-state index is 5.40. The second-order valence-corrected chi connectivity index (χ2v) is 5.22. The molecule has 0 spiro atoms. The van der Waals surface area contributed by atoms with Gasteiger partial charge in [-0.25, -0.2) is 0 Å². The summed E-state index contributed by atoms with van der Waals surface area (Å²) in [6, 6.07) is 6.05. The number of hydrogen-bond donors (Lipinski definition) is 1. The summed E-state index contributed by atoms with van der Waals surface area (Å²) >= 11 is 3.49. The first-order valence-electron chi connectivity index (χ1n) is 5.99. The van der Waals surface area contributed by atoms with Crippen molar-refractivity contribution in [1.29, 1.82) is 0 Å². The number of halogens is 2. The van der Waals surface area contributed by atoms with Crippen LogP contribution in [0, 0.1) is 0 Å². The van der Waals surface area contributed by atoms with Crippen LogP contribution in [-0.2, 0) is 20.1 Å². The predicted octanol–water partition coefficient (Wildman–Crippen LogP) is 2.62. The van der Waals surface area contributed by atoms with E-state index in [0.29, 0.717) is 6.79 Å². The van der Waals surface area contributed by atoms with Crippen molar-refractivity contribution < 1.29 is 9.47 Å². The molecule has 7 heteroatoms. The Labute approximate surface area is 131 Å². The van der Waals surface area contributed by atoms with Crippen LogP contribution in [0.15, 0.2) is 28.9 Å². The molecule has 5 nitrogen and oxygen atoms in total. The largest absolute Gasteiger partial charge is 0.454 e. The minimum absolute atomic E-state index is 0. The molecule has 0 fully saturated rings. The van der Waals surface area contributed by atoms with E-state index in [9.17, 15) is 0 Å². The lowest BCUT2D eigenvalue weighted by atomic mass is 10.2. The van der Waals surface area contributed by atoms with Crippen LogP contribution in [0.25, 0.3) is 0 Å². The monoisotopic (exact) mass is 359 g/mol. The Hall–Kier alpha value is -1.24. The Kier molecular flexibility index (Phi) is 4.91. The van der Waals surface area contributed by atoms with Crippen molar-refractivity contribution in [1.82, 2.24) is 15.1 Å². The molecule has 0 aliphatic carbocycles. The summed E-state index contributed by atoms with van der Waals surface area (Å²) in [6.07, 6.45) is 1.80. The van der Waals surface area contributed by atoms with Crippen LogP contribution in [0.3, 0.4) is 0 Å². The van der Waals surface area contributed by atoms with Gasteiger partial charge in [-0.1, -0.05) is 0 Å². The summed E-state index contributed by atoms with van der Waals surface area (Å²) in [5.74, 6) is 1.59. The summed E-state index contributed by atoms with van der Waals surface area (Å²) in [5, 5.41) is 7.52. The number of benzene rings is 1. The first kappa shape index (κ1) is 15.2. The Morgan fingerprint density at radius 3 is 2.95 bits per heavy atom. The fourth-order valence-corrected chi connectivity index (χ4v) is 2.64. The summed E-state index contributed by atoms with van der Waals surface area (Å²) in [5.41, 5.74) is 2.30. The predicted molar refractivity (Wildman–Crippen MR) is 81.3 cm³/mol. The quantitative estimate of drug-likeness (QED) is 0.910. The molecule has 3 rings (SSSR count). The van der Waals surface area contributed by atoms with E-state index in [1.807, 2.05) is 29.9 Å². The average Bonchev–Trinajstić information content (AvgIpc) is 2.99. The first-order valence-corrected chi connectivity index (χ1v) is 6.79. The maximum atomic E-state index is 5.40. The molecule has 20 heavy (non-hydrogen) atoms. The molecule has 0 amide bonds. The van der Waals surface area contributed by atoms with E-state index < -0.39 is 0 Å². The molecule has 1 aliphatic rings. The zero-order chi connectivity index (χ0) is 13.2. The second kappa shape index (κ2) is 6.47. The van der Waals surface area contributed by atoms with Gasteiger partial charge in [-0.2, -0.15) is 5.10 Å². The minimum atomic E-state index is 0. The number of nitrogens with one attached hydrogen (secondary N) is 1. The molecule has 0 saturated heterocycles. The molecule has 1 aliphatic heterocycles. The van der Waals surface area contributed by atoms with Crippen LogP contribution in [0.5, 0.6) is 11.5 Å². The van der Waals surface area contributed by atoms with E-state index in [0.717, 1.165) is 40.3 Å². The SMILES string of the molecule is Cl.Cn1nccc1CNCc1cc(Br)c2c(c1)OCO2. The molecule has 1 aromatic heterocycles. The molecule has 2 aromatic rings. The van der Waals surface area contributed by atoms with Gasteiger partial charge in [-0.05, 0) is 39.7 Å². The molecule has 0 saturated carbocycles. The molecule has 2 heterocycles. The van der Waals surface area contributed by atoms with Crippen molar-refractivity contribution in [3.05, 3.63) is 40.1 Å². The number of nitrogens with zero attached hydrogens (tertiary/aromatic N) is 2. The van der Waals surface area contributed by atoms with Gasteiger partial charge in [0.1, 0.15) is 0 Å². The summed E-state index contributed by atoms with van der Waals surface area (Å²) in [4.78, 5) is 0. The Morgan fingerprint density at radius 2 is 2.20 bits per heavy atom. The Balaban J connectivity index is 0.00000147. The molecule has 1 aromatic carbocycles. The zero-order valence-corrected chi connectivity index (χ0v) is 13.3. The van der Waals surface area contributed by atoms with Gasteiger partial charge >= 0.3 is 0 Å². The number of aryl methyl sites for hydroxylation is 1. The summed E-state index contributed by atoms with van der Waals surface area (Å²) < 4.78 is 13.6. The van der Waals surface area contributed by atoms with Crippen molar-refractivity contribution in [3.63, 3.8) is 0 Å². The minimum Gasteiger partial charge on any atom is -0.454 e. The first-order chi connectivity index (χ1) is 9.24. The zero-order valence-electron chi connectivity index (χ0n) is 10.9. The van der Waals surface area contributed by atoms with Gasteiger partial charge in [-0.3, -0.25) is 4.68 Å². The lowest BCUT2D eigenvalue weighted by Gasteiger charge is -2.07. The van der Waals surface area contributed by atoms with Gasteiger partial charge in [0.15, 0.2) is 11.5 Å². The highest BCUT2D eigenvalue weighted by Crippen LogP contribution is 2.39. The molecule has 0 unspecified atom stereocenters. The van der Waals surface area contributed by atoms with Gasteiger partial charge in [0.25, 0.3) is 0 Å². The summed E-state index contributed by atoms with van der Waals surface area (Å²) in [7, 11) is 1.94. The average molecular weight is 361 g/mol. The van der Waals surface area contributed by atoms with Crippen molar-refractivity contribution in [3.8, 4) is 11.5 Å². The molecule has 1 N–H and O–H groups in total. The fraction of sp³-hybridized carbons (Fsp3) is 0.308. The van der Waals surface area contributed by atoms with Gasteiger partial charge in [0.2, 0.25) is 6.79 Å². The molecular weight excluding hydrogens is 346 g/mol. The van der Waals surface area contributed by atoms with E-state index in [1.54, 1.807) is 6.20 Å². The number of aromatic nitrogens is 2. The van der Waals surface area contributed by atoms with Crippen LogP contribution in [0.4, 0.5) is 0 Å². The molecular formula is C13H15BrClN3O2. The van der Waals surface area contributed by atoms with E-state index in [-0.39, 0.29) is 12.4 Å². The third-order valence-corrected chi connectivity index (χ3v) is 3.63. The van der Waals surface area contributed by atoms with Crippen molar-refractivity contribution in [2.45, 2.75) is 13.1 Å². The Bertz CT molecular complexity index is 603. The maximum Gasteiger partial charge on any atom is 0.231 e. The highest BCUT2D eigenvalue weighted by atomic mass is 79.9. The van der Waals surface area contributed by atoms with Gasteiger partial charge in [-0.15, -0.1) is 12.4 Å². The van der Waals surface area contributed by atoms with E-state index in [2.05, 4.69) is 26.3 Å². The van der Waals surface area contributed by atoms with Gasteiger partial charge in [0, 0.05) is 26.3 Å². The number of hydrogen-bond acceptors (Lipinski definition) is 4. The number of fused-ring (bicyclic) bond motifs is 1. The standard InChI is InChI=1S/C13H14BrN3O2.ClH/c1-17-10(2-3-16-17)7-15-6-9-4-11(14)13-12(5-9)18-8-19-13;/h2-5,15H,6-8H2,1H3;1H.